The minimum Gasteiger partial charge on any atom is -0.457 e. The number of anilines is 1. The topological polar surface area (TPSA) is 33.5 Å². The molecule has 0 saturated heterocycles. The van der Waals surface area contributed by atoms with Crippen molar-refractivity contribution in [2.24, 2.45) is 0 Å². The molecule has 1 atom stereocenters. The highest BCUT2D eigenvalue weighted by molar-refractivity contribution is 6.09. The van der Waals surface area contributed by atoms with Crippen molar-refractivity contribution in [2.75, 3.05) is 4.90 Å². The van der Waals surface area contributed by atoms with Crippen LogP contribution in [-0.4, -0.2) is 20.6 Å². The molecular weight excluding hydrogens is 673 g/mol. The molecule has 0 saturated carbocycles. The number of hydrogen-bond acceptors (Lipinski definition) is 4. The van der Waals surface area contributed by atoms with E-state index in [1.807, 2.05) is 6.20 Å². The molecule has 0 spiro atoms. The second-order valence-corrected chi connectivity index (χ2v) is 17.8. The summed E-state index contributed by atoms with van der Waals surface area (Å²) in [5.41, 5.74) is 10.9. The maximum Gasteiger partial charge on any atom is 0.137 e. The minimum atomic E-state index is -0.0980. The maximum atomic E-state index is 6.91. The van der Waals surface area contributed by atoms with Gasteiger partial charge in [0.15, 0.2) is 0 Å². The molecule has 0 fully saturated rings. The van der Waals surface area contributed by atoms with Crippen molar-refractivity contribution >= 4 is 33.2 Å². The number of ether oxygens (including phenoxy) is 1. The average molecular weight is 727 g/mol. The lowest BCUT2D eigenvalue weighted by Crippen LogP contribution is -2.37. The van der Waals surface area contributed by atoms with E-state index < -0.39 is 0 Å². The van der Waals surface area contributed by atoms with Crippen LogP contribution in [0.5, 0.6) is 11.5 Å². The number of aromatic nitrogens is 2. The molecule has 6 aromatic rings. The van der Waals surface area contributed by atoms with Crippen molar-refractivity contribution in [1.29, 1.82) is 0 Å². The Labute approximate surface area is 327 Å². The minimum absolute atomic E-state index is 0.00110. The van der Waals surface area contributed by atoms with Crippen molar-refractivity contribution in [3.05, 3.63) is 156 Å². The van der Waals surface area contributed by atoms with Crippen LogP contribution in [0.2, 0.25) is 0 Å². The number of rotatable bonds is 7. The number of para-hydroxylation sites is 2. The molecule has 280 valence electrons. The van der Waals surface area contributed by atoms with Gasteiger partial charge < -0.3 is 14.5 Å². The number of pyridine rings is 1. The fourth-order valence-corrected chi connectivity index (χ4v) is 8.08. The first-order valence-corrected chi connectivity index (χ1v) is 19.8. The Bertz CT molecular complexity index is 2490. The predicted molar refractivity (Wildman–Crippen MR) is 231 cm³/mol. The number of allylic oxidation sites excluding steroid dienone is 2. The molecule has 5 heteroatoms. The third kappa shape index (κ3) is 6.64. The zero-order valence-electron chi connectivity index (χ0n) is 34.1. The molecule has 2 aliphatic heterocycles. The Kier molecular flexibility index (Phi) is 9.03. The number of hydrogen-bond donors (Lipinski definition) is 0. The van der Waals surface area contributed by atoms with Crippen LogP contribution in [0.4, 0.5) is 5.69 Å². The summed E-state index contributed by atoms with van der Waals surface area (Å²) in [6.45, 7) is 22.7. The van der Waals surface area contributed by atoms with Crippen LogP contribution in [0.25, 0.3) is 33.3 Å². The number of nitrogens with zero attached hydrogens (tertiary/aromatic N) is 4. The van der Waals surface area contributed by atoms with E-state index in [1.54, 1.807) is 0 Å². The first-order chi connectivity index (χ1) is 26.2. The summed E-state index contributed by atoms with van der Waals surface area (Å²) in [5, 5.41) is 2.37. The Morgan fingerprint density at radius 3 is 2.05 bits per heavy atom. The third-order valence-corrected chi connectivity index (χ3v) is 11.1. The summed E-state index contributed by atoms with van der Waals surface area (Å²) in [4.78, 5) is 9.78. The van der Waals surface area contributed by atoms with Crippen molar-refractivity contribution in [2.45, 2.75) is 98.1 Å². The SMILES string of the molecule is CC(C)c1cccc(C(C)C)c1N1C=C(c2cc(Oc3ccc4c5ccccc5n(-c5cc(C(C)(C)C)ccn5)c4c3)cc(C(C)(C)C)c2)N2C=CC=CC21. The fraction of sp³-hybridized carbons (Fsp3) is 0.300. The Balaban J connectivity index is 1.25. The van der Waals surface area contributed by atoms with E-state index in [4.69, 9.17) is 9.72 Å². The fourth-order valence-electron chi connectivity index (χ4n) is 8.08. The van der Waals surface area contributed by atoms with Crippen molar-refractivity contribution in [3.63, 3.8) is 0 Å². The Morgan fingerprint density at radius 2 is 1.35 bits per heavy atom. The monoisotopic (exact) mass is 726 g/mol. The predicted octanol–water partition coefficient (Wildman–Crippen LogP) is 13.3. The van der Waals surface area contributed by atoms with Crippen LogP contribution < -0.4 is 9.64 Å². The van der Waals surface area contributed by atoms with Crippen LogP contribution in [0.15, 0.2) is 128 Å². The number of benzene rings is 4. The summed E-state index contributed by atoms with van der Waals surface area (Å²) < 4.78 is 9.19. The van der Waals surface area contributed by atoms with Gasteiger partial charge in [-0.05, 0) is 106 Å². The molecule has 55 heavy (non-hydrogen) atoms. The Hall–Kier alpha value is -5.55. The van der Waals surface area contributed by atoms with Crippen molar-refractivity contribution in [1.82, 2.24) is 14.5 Å². The molecule has 2 aliphatic rings. The van der Waals surface area contributed by atoms with Gasteiger partial charge in [0.05, 0.1) is 16.7 Å². The summed E-state index contributed by atoms with van der Waals surface area (Å²) in [6, 6.07) is 33.0. The lowest BCUT2D eigenvalue weighted by Gasteiger charge is -2.35. The van der Waals surface area contributed by atoms with Gasteiger partial charge in [0.25, 0.3) is 0 Å². The highest BCUT2D eigenvalue weighted by Gasteiger charge is 2.35. The van der Waals surface area contributed by atoms with Crippen LogP contribution in [0, 0.1) is 0 Å². The first kappa shape index (κ1) is 36.4. The largest absolute Gasteiger partial charge is 0.457 e. The summed E-state index contributed by atoms with van der Waals surface area (Å²) in [6.07, 6.45) is 13.1. The van der Waals surface area contributed by atoms with E-state index in [0.29, 0.717) is 11.8 Å². The molecule has 1 unspecified atom stereocenters. The second-order valence-electron chi connectivity index (χ2n) is 17.8. The highest BCUT2D eigenvalue weighted by Crippen LogP contribution is 2.45. The van der Waals surface area contributed by atoms with E-state index in [2.05, 4.69) is 205 Å². The van der Waals surface area contributed by atoms with Gasteiger partial charge in [-0.1, -0.05) is 112 Å². The molecule has 8 rings (SSSR count). The summed E-state index contributed by atoms with van der Waals surface area (Å²) in [5.74, 6) is 3.29. The van der Waals surface area contributed by atoms with Gasteiger partial charge in [0, 0.05) is 46.7 Å². The zero-order valence-corrected chi connectivity index (χ0v) is 34.1. The molecular formula is C50H54N4O. The van der Waals surface area contributed by atoms with Gasteiger partial charge >= 0.3 is 0 Å². The van der Waals surface area contributed by atoms with Gasteiger partial charge in [-0.25, -0.2) is 4.98 Å². The van der Waals surface area contributed by atoms with E-state index in [9.17, 15) is 0 Å². The number of fused-ring (bicyclic) bond motifs is 4. The Morgan fingerprint density at radius 1 is 0.636 bits per heavy atom. The molecule has 4 heterocycles. The van der Waals surface area contributed by atoms with E-state index in [0.717, 1.165) is 39.6 Å². The lowest BCUT2D eigenvalue weighted by molar-refractivity contribution is 0.467. The molecule has 0 radical (unpaired) electrons. The van der Waals surface area contributed by atoms with E-state index >= 15 is 0 Å². The standard InChI is InChI=1S/C50H54N4O/c1-32(2)39-17-15-18-40(33(3)4)48(39)53-31-45(52-25-14-13-20-47(52)53)34-26-36(50(8,9)10)28-38(27-34)55-37-21-22-42-41-16-11-12-19-43(41)54(44(42)30-37)46-29-35(23-24-51-46)49(5,6)7/h11-33,47H,1-10H3. The summed E-state index contributed by atoms with van der Waals surface area (Å²) >= 11 is 0. The smallest absolute Gasteiger partial charge is 0.137 e. The normalized spacial score (nSPS) is 15.9. The van der Waals surface area contributed by atoms with Gasteiger partial charge in [0.2, 0.25) is 0 Å². The van der Waals surface area contributed by atoms with Gasteiger partial charge in [-0.15, -0.1) is 0 Å². The third-order valence-electron chi connectivity index (χ3n) is 11.1. The molecule has 5 nitrogen and oxygen atoms in total. The zero-order chi connectivity index (χ0) is 38.8. The van der Waals surface area contributed by atoms with E-state index in [-0.39, 0.29) is 17.0 Å². The molecule has 0 bridgehead atoms. The second kappa shape index (κ2) is 13.6. The van der Waals surface area contributed by atoms with Gasteiger partial charge in [0.1, 0.15) is 23.5 Å². The summed E-state index contributed by atoms with van der Waals surface area (Å²) in [7, 11) is 0. The lowest BCUT2D eigenvalue weighted by atomic mass is 9.85. The molecule has 0 aliphatic carbocycles. The van der Waals surface area contributed by atoms with Gasteiger partial charge in [-0.3, -0.25) is 4.57 Å². The van der Waals surface area contributed by atoms with Crippen molar-refractivity contribution in [3.8, 4) is 17.3 Å². The molecule has 2 aromatic heterocycles. The van der Waals surface area contributed by atoms with E-state index in [1.165, 1.54) is 38.7 Å². The molecule has 0 N–H and O–H groups in total. The average Bonchev–Trinajstić information content (AvgIpc) is 3.69. The quantitative estimate of drug-likeness (QED) is 0.164. The van der Waals surface area contributed by atoms with Gasteiger partial charge in [-0.2, -0.15) is 0 Å². The molecule has 0 amide bonds. The van der Waals surface area contributed by atoms with Crippen LogP contribution in [0.3, 0.4) is 0 Å². The molecule has 4 aromatic carbocycles. The maximum absolute atomic E-state index is 6.91. The van der Waals surface area contributed by atoms with Crippen molar-refractivity contribution < 1.29 is 4.74 Å². The van der Waals surface area contributed by atoms with Crippen LogP contribution >= 0.6 is 0 Å². The van der Waals surface area contributed by atoms with Crippen LogP contribution in [0.1, 0.15) is 109 Å². The highest BCUT2D eigenvalue weighted by atomic mass is 16.5. The van der Waals surface area contributed by atoms with Crippen LogP contribution in [-0.2, 0) is 10.8 Å². The first-order valence-electron chi connectivity index (χ1n) is 19.8.